The standard InChI is InChI=1S/C22H23FN4O2/c1-15(2)29-20-6-4-3-5-18(20)27-21-13-19(25-14-26-21)22(28)24-12-11-16-7-9-17(23)10-8-16/h3-10,13-15H,11-12H2,1-2H3,(H,24,28)(H,25,26,27). The second kappa shape index (κ2) is 9.64. The van der Waals surface area contributed by atoms with E-state index >= 15 is 0 Å². The van der Waals surface area contributed by atoms with Gasteiger partial charge in [-0.2, -0.15) is 0 Å². The first kappa shape index (κ1) is 20.3. The lowest BCUT2D eigenvalue weighted by atomic mass is 10.1. The predicted molar refractivity (Wildman–Crippen MR) is 110 cm³/mol. The number of hydrogen-bond donors (Lipinski definition) is 2. The van der Waals surface area contributed by atoms with Gasteiger partial charge in [0.05, 0.1) is 11.8 Å². The number of benzene rings is 2. The molecule has 2 N–H and O–H groups in total. The number of nitrogens with zero attached hydrogens (tertiary/aromatic N) is 2. The van der Waals surface area contributed by atoms with Gasteiger partial charge in [-0.05, 0) is 50.1 Å². The summed E-state index contributed by atoms with van der Waals surface area (Å²) in [4.78, 5) is 20.6. The summed E-state index contributed by atoms with van der Waals surface area (Å²) in [5.41, 5.74) is 1.95. The highest BCUT2D eigenvalue weighted by Gasteiger charge is 2.10. The van der Waals surface area contributed by atoms with Crippen molar-refractivity contribution in [2.24, 2.45) is 0 Å². The molecule has 1 heterocycles. The molecule has 0 atom stereocenters. The highest BCUT2D eigenvalue weighted by molar-refractivity contribution is 5.93. The van der Waals surface area contributed by atoms with Gasteiger partial charge < -0.3 is 15.4 Å². The molecular weight excluding hydrogens is 371 g/mol. The van der Waals surface area contributed by atoms with Crippen molar-refractivity contribution in [3.63, 3.8) is 0 Å². The summed E-state index contributed by atoms with van der Waals surface area (Å²) < 4.78 is 18.7. The van der Waals surface area contributed by atoms with Crippen molar-refractivity contribution in [3.8, 4) is 5.75 Å². The van der Waals surface area contributed by atoms with E-state index in [2.05, 4.69) is 20.6 Å². The minimum Gasteiger partial charge on any atom is -0.489 e. The average Bonchev–Trinajstić information content (AvgIpc) is 2.71. The fraction of sp³-hybridized carbons (Fsp3) is 0.227. The molecule has 0 aliphatic heterocycles. The van der Waals surface area contributed by atoms with E-state index in [-0.39, 0.29) is 23.5 Å². The lowest BCUT2D eigenvalue weighted by Gasteiger charge is -2.15. The van der Waals surface area contributed by atoms with Gasteiger partial charge in [0, 0.05) is 12.6 Å². The Morgan fingerprint density at radius 1 is 1.10 bits per heavy atom. The number of nitrogens with one attached hydrogen (secondary N) is 2. The molecule has 0 fully saturated rings. The van der Waals surface area contributed by atoms with Gasteiger partial charge in [-0.25, -0.2) is 14.4 Å². The van der Waals surface area contributed by atoms with Crippen molar-refractivity contribution in [2.75, 3.05) is 11.9 Å². The summed E-state index contributed by atoms with van der Waals surface area (Å²) in [6.45, 7) is 4.33. The smallest absolute Gasteiger partial charge is 0.270 e. The first-order valence-electron chi connectivity index (χ1n) is 9.38. The number of carbonyl (C=O) groups is 1. The Kier molecular flexibility index (Phi) is 6.73. The summed E-state index contributed by atoms with van der Waals surface area (Å²) in [7, 11) is 0. The number of halogens is 1. The molecule has 1 aromatic heterocycles. The zero-order valence-corrected chi connectivity index (χ0v) is 16.4. The summed E-state index contributed by atoms with van der Waals surface area (Å²) in [5, 5.41) is 5.98. The molecule has 1 amide bonds. The van der Waals surface area contributed by atoms with Gasteiger partial charge in [0.1, 0.15) is 29.4 Å². The molecule has 6 nitrogen and oxygen atoms in total. The Labute approximate surface area is 169 Å². The zero-order chi connectivity index (χ0) is 20.6. The molecule has 0 bridgehead atoms. The minimum atomic E-state index is -0.302. The quantitative estimate of drug-likeness (QED) is 0.601. The largest absolute Gasteiger partial charge is 0.489 e. The number of rotatable bonds is 8. The van der Waals surface area contributed by atoms with Gasteiger partial charge >= 0.3 is 0 Å². The second-order valence-corrected chi connectivity index (χ2v) is 6.71. The van der Waals surface area contributed by atoms with E-state index in [1.807, 2.05) is 38.1 Å². The first-order chi connectivity index (χ1) is 14.0. The van der Waals surface area contributed by atoms with Crippen LogP contribution in [0.5, 0.6) is 5.75 Å². The van der Waals surface area contributed by atoms with Crippen LogP contribution in [0.1, 0.15) is 29.9 Å². The van der Waals surface area contributed by atoms with Gasteiger partial charge in [-0.1, -0.05) is 24.3 Å². The van der Waals surface area contributed by atoms with E-state index in [0.29, 0.717) is 24.5 Å². The minimum absolute atomic E-state index is 0.0331. The number of ether oxygens (including phenoxy) is 1. The Balaban J connectivity index is 1.62. The van der Waals surface area contributed by atoms with E-state index in [0.717, 1.165) is 11.3 Å². The molecule has 3 aromatic rings. The van der Waals surface area contributed by atoms with Crippen LogP contribution in [0.3, 0.4) is 0 Å². The van der Waals surface area contributed by atoms with Crippen LogP contribution >= 0.6 is 0 Å². The maximum atomic E-state index is 12.9. The Hall–Kier alpha value is -3.48. The number of aromatic nitrogens is 2. The normalized spacial score (nSPS) is 10.6. The van der Waals surface area contributed by atoms with Crippen molar-refractivity contribution < 1.29 is 13.9 Å². The van der Waals surface area contributed by atoms with E-state index in [4.69, 9.17) is 4.74 Å². The molecule has 0 aliphatic rings. The molecule has 0 unspecified atom stereocenters. The number of amides is 1. The number of para-hydroxylation sites is 2. The monoisotopic (exact) mass is 394 g/mol. The number of carbonyl (C=O) groups excluding carboxylic acids is 1. The maximum Gasteiger partial charge on any atom is 0.270 e. The van der Waals surface area contributed by atoms with Crippen LogP contribution in [0.4, 0.5) is 15.9 Å². The van der Waals surface area contributed by atoms with Crippen molar-refractivity contribution in [1.82, 2.24) is 15.3 Å². The first-order valence-corrected chi connectivity index (χ1v) is 9.38. The third-order valence-electron chi connectivity index (χ3n) is 4.02. The molecule has 0 spiro atoms. The maximum absolute atomic E-state index is 12.9. The van der Waals surface area contributed by atoms with Gasteiger partial charge in [0.15, 0.2) is 0 Å². The summed E-state index contributed by atoms with van der Waals surface area (Å²) in [5.74, 6) is 0.610. The topological polar surface area (TPSA) is 76.1 Å². The van der Waals surface area contributed by atoms with Crippen LogP contribution in [0.25, 0.3) is 0 Å². The molecular formula is C22H23FN4O2. The van der Waals surface area contributed by atoms with Gasteiger partial charge in [0.2, 0.25) is 0 Å². The third kappa shape index (κ3) is 6.00. The average molecular weight is 394 g/mol. The second-order valence-electron chi connectivity index (χ2n) is 6.71. The fourth-order valence-electron chi connectivity index (χ4n) is 2.68. The van der Waals surface area contributed by atoms with Crippen LogP contribution in [-0.4, -0.2) is 28.5 Å². The summed E-state index contributed by atoms with van der Waals surface area (Å²) in [6, 6.07) is 15.3. The molecule has 0 saturated heterocycles. The highest BCUT2D eigenvalue weighted by Crippen LogP contribution is 2.27. The van der Waals surface area contributed by atoms with E-state index < -0.39 is 0 Å². The Morgan fingerprint density at radius 2 is 1.86 bits per heavy atom. The number of anilines is 2. The molecule has 29 heavy (non-hydrogen) atoms. The van der Waals surface area contributed by atoms with Crippen LogP contribution in [0.15, 0.2) is 60.9 Å². The lowest BCUT2D eigenvalue weighted by Crippen LogP contribution is -2.26. The molecule has 0 saturated carbocycles. The lowest BCUT2D eigenvalue weighted by molar-refractivity contribution is 0.0949. The van der Waals surface area contributed by atoms with Crippen molar-refractivity contribution in [2.45, 2.75) is 26.4 Å². The van der Waals surface area contributed by atoms with Crippen LogP contribution in [0.2, 0.25) is 0 Å². The van der Waals surface area contributed by atoms with Crippen LogP contribution in [0, 0.1) is 5.82 Å². The molecule has 0 aliphatic carbocycles. The molecule has 150 valence electrons. The fourth-order valence-corrected chi connectivity index (χ4v) is 2.68. The molecule has 7 heteroatoms. The van der Waals surface area contributed by atoms with Gasteiger partial charge in [-0.15, -0.1) is 0 Å². The van der Waals surface area contributed by atoms with Crippen molar-refractivity contribution in [1.29, 1.82) is 0 Å². The van der Waals surface area contributed by atoms with Gasteiger partial charge in [-0.3, -0.25) is 4.79 Å². The van der Waals surface area contributed by atoms with E-state index in [1.165, 1.54) is 18.5 Å². The summed E-state index contributed by atoms with van der Waals surface area (Å²) >= 11 is 0. The SMILES string of the molecule is CC(C)Oc1ccccc1Nc1cc(C(=O)NCCc2ccc(F)cc2)ncn1. The third-order valence-corrected chi connectivity index (χ3v) is 4.02. The summed E-state index contributed by atoms with van der Waals surface area (Å²) in [6.07, 6.45) is 1.97. The number of hydrogen-bond acceptors (Lipinski definition) is 5. The van der Waals surface area contributed by atoms with Gasteiger partial charge in [0.25, 0.3) is 5.91 Å². The Bertz CT molecular complexity index is 961. The van der Waals surface area contributed by atoms with Crippen LogP contribution in [-0.2, 0) is 6.42 Å². The molecule has 3 rings (SSSR count). The highest BCUT2D eigenvalue weighted by atomic mass is 19.1. The Morgan fingerprint density at radius 3 is 2.62 bits per heavy atom. The van der Waals surface area contributed by atoms with Crippen LogP contribution < -0.4 is 15.4 Å². The van der Waals surface area contributed by atoms with E-state index in [9.17, 15) is 9.18 Å². The van der Waals surface area contributed by atoms with Crippen molar-refractivity contribution >= 4 is 17.4 Å². The molecule has 2 aromatic carbocycles. The molecule has 0 radical (unpaired) electrons. The zero-order valence-electron chi connectivity index (χ0n) is 16.4. The van der Waals surface area contributed by atoms with Crippen molar-refractivity contribution in [3.05, 3.63) is 78.0 Å². The van der Waals surface area contributed by atoms with E-state index in [1.54, 1.807) is 18.2 Å². The predicted octanol–water partition coefficient (Wildman–Crippen LogP) is 4.12.